The van der Waals surface area contributed by atoms with Crippen molar-refractivity contribution in [1.29, 1.82) is 0 Å². The normalized spacial score (nSPS) is 13.2. The van der Waals surface area contributed by atoms with Crippen LogP contribution in [-0.4, -0.2) is 40.2 Å². The smallest absolute Gasteiger partial charge is 0.186 e. The molecule has 1 aromatic heterocycles. The molecule has 25 heavy (non-hydrogen) atoms. The molecule has 0 spiro atoms. The van der Waals surface area contributed by atoms with Crippen LogP contribution in [0.2, 0.25) is 0 Å². The van der Waals surface area contributed by atoms with Gasteiger partial charge >= 0.3 is 0 Å². The average Bonchev–Trinajstić information content (AvgIpc) is 2.98. The van der Waals surface area contributed by atoms with Gasteiger partial charge in [-0.3, -0.25) is 4.99 Å². The summed E-state index contributed by atoms with van der Waals surface area (Å²) in [7, 11) is 0. The van der Waals surface area contributed by atoms with Crippen molar-refractivity contribution >= 4 is 16.9 Å². The molecule has 2 rings (SSSR count). The molecular weight excluding hydrogens is 320 g/mol. The largest absolute Gasteiger partial charge is 0.492 e. The minimum atomic E-state index is -1.37. The van der Waals surface area contributed by atoms with Gasteiger partial charge in [0.05, 0.1) is 12.6 Å². The first-order chi connectivity index (χ1) is 11.9. The maximum atomic E-state index is 9.41. The number of aromatic nitrogens is 1. The number of ether oxygens (including phenoxy) is 1. The molecule has 0 amide bonds. The van der Waals surface area contributed by atoms with E-state index in [-0.39, 0.29) is 18.4 Å². The number of aliphatic hydroxyl groups is 2. The van der Waals surface area contributed by atoms with Crippen LogP contribution in [0.1, 0.15) is 26.3 Å². The summed E-state index contributed by atoms with van der Waals surface area (Å²) in [5.41, 5.74) is 12.6. The molecule has 0 bridgehead atoms. The average molecular weight is 346 g/mol. The Hall–Kier alpha value is -2.51. The summed E-state index contributed by atoms with van der Waals surface area (Å²) in [4.78, 5) is 3.88. The highest BCUT2D eigenvalue weighted by atomic mass is 16.5. The van der Waals surface area contributed by atoms with Gasteiger partial charge in [0.25, 0.3) is 0 Å². The molecule has 7 heteroatoms. The zero-order chi connectivity index (χ0) is 18.4. The number of hydrogen-bond acceptors (Lipinski definition) is 4. The fraction of sp³-hybridized carbons (Fsp3) is 0.389. The summed E-state index contributed by atoms with van der Waals surface area (Å²) in [6.45, 7) is 4.72. The summed E-state index contributed by atoms with van der Waals surface area (Å²) in [5, 5.41) is 19.8. The van der Waals surface area contributed by atoms with Crippen LogP contribution in [0.25, 0.3) is 10.9 Å². The Morgan fingerprint density at radius 1 is 1.32 bits per heavy atom. The van der Waals surface area contributed by atoms with Gasteiger partial charge in [-0.05, 0) is 38.1 Å². The van der Waals surface area contributed by atoms with Crippen molar-refractivity contribution in [2.24, 2.45) is 16.5 Å². The van der Waals surface area contributed by atoms with E-state index in [0.29, 0.717) is 13.2 Å². The molecule has 0 saturated heterocycles. The van der Waals surface area contributed by atoms with E-state index < -0.39 is 6.29 Å². The number of nitrogens with two attached hydrogens (primary N) is 2. The molecule has 1 unspecified atom stereocenters. The molecule has 0 fully saturated rings. The van der Waals surface area contributed by atoms with E-state index in [9.17, 15) is 10.2 Å². The lowest BCUT2D eigenvalue weighted by Gasteiger charge is -2.22. The topological polar surface area (TPSA) is 119 Å². The maximum absolute atomic E-state index is 9.41. The Bertz CT molecular complexity index is 761. The van der Waals surface area contributed by atoms with Crippen LogP contribution < -0.4 is 16.2 Å². The Kier molecular flexibility index (Phi) is 6.44. The number of allylic oxidation sites excluding steroid dienone is 2. The second-order valence-electron chi connectivity index (χ2n) is 5.86. The molecule has 0 aliphatic rings. The van der Waals surface area contributed by atoms with E-state index in [2.05, 4.69) is 4.99 Å². The lowest BCUT2D eigenvalue weighted by molar-refractivity contribution is -0.0516. The monoisotopic (exact) mass is 346 g/mol. The van der Waals surface area contributed by atoms with Crippen LogP contribution in [0.15, 0.2) is 47.1 Å². The standard InChI is InChI=1S/C18H26N4O3/c1-3-12(2)16(11-17(23)24)22-8-6-13-10-14(4-5-15(13)22)25-9-7-21-18(19)20/h3-6,8,10,16-17,23-24H,7,9,11H2,1-2H3,(H4,19,20,21)/b12-3+. The number of benzene rings is 1. The summed E-state index contributed by atoms with van der Waals surface area (Å²) in [6, 6.07) is 7.66. The third-order valence-electron chi connectivity index (χ3n) is 4.10. The zero-order valence-electron chi connectivity index (χ0n) is 14.6. The first-order valence-electron chi connectivity index (χ1n) is 8.20. The summed E-state index contributed by atoms with van der Waals surface area (Å²) < 4.78 is 7.70. The molecule has 6 N–H and O–H groups in total. The van der Waals surface area contributed by atoms with Crippen LogP contribution in [0.3, 0.4) is 0 Å². The van der Waals surface area contributed by atoms with Gasteiger partial charge in [-0.25, -0.2) is 0 Å². The van der Waals surface area contributed by atoms with Crippen molar-refractivity contribution < 1.29 is 14.9 Å². The van der Waals surface area contributed by atoms with Gasteiger partial charge in [0, 0.05) is 23.5 Å². The van der Waals surface area contributed by atoms with Gasteiger partial charge in [-0.15, -0.1) is 0 Å². The Labute approximate surface area is 147 Å². The van der Waals surface area contributed by atoms with Crippen LogP contribution >= 0.6 is 0 Å². The molecule has 7 nitrogen and oxygen atoms in total. The van der Waals surface area contributed by atoms with E-state index in [1.54, 1.807) is 0 Å². The second kappa shape index (κ2) is 8.55. The predicted octanol–water partition coefficient (Wildman–Crippen LogP) is 1.50. The predicted molar refractivity (Wildman–Crippen MR) is 99.4 cm³/mol. The summed E-state index contributed by atoms with van der Waals surface area (Å²) >= 11 is 0. The molecule has 0 saturated carbocycles. The Balaban J connectivity index is 2.22. The lowest BCUT2D eigenvalue weighted by Crippen LogP contribution is -2.23. The third-order valence-corrected chi connectivity index (χ3v) is 4.10. The molecule has 0 radical (unpaired) electrons. The van der Waals surface area contributed by atoms with Gasteiger partial charge in [-0.2, -0.15) is 0 Å². The highest BCUT2D eigenvalue weighted by Gasteiger charge is 2.18. The van der Waals surface area contributed by atoms with Crippen molar-refractivity contribution in [1.82, 2.24) is 4.57 Å². The fourth-order valence-electron chi connectivity index (χ4n) is 2.75. The van der Waals surface area contributed by atoms with Gasteiger partial charge < -0.3 is 31.0 Å². The summed E-state index contributed by atoms with van der Waals surface area (Å²) in [6.07, 6.45) is 2.81. The Morgan fingerprint density at radius 3 is 2.72 bits per heavy atom. The van der Waals surface area contributed by atoms with Gasteiger partial charge in [0.1, 0.15) is 12.4 Å². The molecule has 2 aromatic rings. The molecular formula is C18H26N4O3. The SMILES string of the molecule is C/C=C(\C)C(CC(O)O)n1ccc2cc(OCCN=C(N)N)ccc21. The van der Waals surface area contributed by atoms with E-state index in [1.165, 1.54) is 0 Å². The quantitative estimate of drug-likeness (QED) is 0.190. The van der Waals surface area contributed by atoms with Crippen LogP contribution in [-0.2, 0) is 0 Å². The first-order valence-corrected chi connectivity index (χ1v) is 8.20. The number of aliphatic imine (C=N–C) groups is 1. The Morgan fingerprint density at radius 2 is 2.08 bits per heavy atom. The number of nitrogens with zero attached hydrogens (tertiary/aromatic N) is 2. The molecule has 1 heterocycles. The molecule has 136 valence electrons. The highest BCUT2D eigenvalue weighted by molar-refractivity contribution is 5.82. The maximum Gasteiger partial charge on any atom is 0.186 e. The van der Waals surface area contributed by atoms with Crippen molar-refractivity contribution in [2.75, 3.05) is 13.2 Å². The first kappa shape index (κ1) is 18.8. The molecule has 0 aliphatic carbocycles. The summed E-state index contributed by atoms with van der Waals surface area (Å²) in [5.74, 6) is 0.783. The van der Waals surface area contributed by atoms with Gasteiger partial charge in [0.2, 0.25) is 0 Å². The van der Waals surface area contributed by atoms with Crippen molar-refractivity contribution in [3.8, 4) is 5.75 Å². The van der Waals surface area contributed by atoms with E-state index in [4.69, 9.17) is 16.2 Å². The van der Waals surface area contributed by atoms with Crippen molar-refractivity contribution in [3.05, 3.63) is 42.1 Å². The molecule has 1 aromatic carbocycles. The van der Waals surface area contributed by atoms with Gasteiger partial charge in [0.15, 0.2) is 12.2 Å². The molecule has 0 aliphatic heterocycles. The van der Waals surface area contributed by atoms with Crippen molar-refractivity contribution in [3.63, 3.8) is 0 Å². The fourth-order valence-corrected chi connectivity index (χ4v) is 2.75. The van der Waals surface area contributed by atoms with Crippen molar-refractivity contribution in [2.45, 2.75) is 32.6 Å². The number of rotatable bonds is 8. The minimum Gasteiger partial charge on any atom is -0.492 e. The van der Waals surface area contributed by atoms with E-state index in [0.717, 1.165) is 22.2 Å². The number of guanidine groups is 1. The number of aliphatic hydroxyl groups excluding tert-OH is 1. The number of fused-ring (bicyclic) bond motifs is 1. The van der Waals surface area contributed by atoms with Crippen LogP contribution in [0.5, 0.6) is 5.75 Å². The molecule has 1 atom stereocenters. The van der Waals surface area contributed by atoms with Crippen LogP contribution in [0, 0.1) is 0 Å². The van der Waals surface area contributed by atoms with Gasteiger partial charge in [-0.1, -0.05) is 11.6 Å². The van der Waals surface area contributed by atoms with Crippen LogP contribution in [0.4, 0.5) is 0 Å². The highest BCUT2D eigenvalue weighted by Crippen LogP contribution is 2.30. The van der Waals surface area contributed by atoms with E-state index >= 15 is 0 Å². The van der Waals surface area contributed by atoms with E-state index in [1.807, 2.05) is 55.0 Å². The third kappa shape index (κ3) is 4.98. The number of hydrogen-bond donors (Lipinski definition) is 4. The minimum absolute atomic E-state index is 0.0487. The second-order valence-corrected chi connectivity index (χ2v) is 5.86. The lowest BCUT2D eigenvalue weighted by atomic mass is 10.0. The zero-order valence-corrected chi connectivity index (χ0v) is 14.6.